The maximum atomic E-state index is 12.5. The van der Waals surface area contributed by atoms with Crippen LogP contribution in [0.3, 0.4) is 0 Å². The summed E-state index contributed by atoms with van der Waals surface area (Å²) in [6, 6.07) is 14.7. The predicted octanol–water partition coefficient (Wildman–Crippen LogP) is 4.81. The minimum absolute atomic E-state index is 0.00191. The minimum Gasteiger partial charge on any atom is -0.480 e. The molecule has 0 saturated heterocycles. The molecule has 0 saturated carbocycles. The van der Waals surface area contributed by atoms with Crippen LogP contribution in [0.5, 0.6) is 5.75 Å². The van der Waals surface area contributed by atoms with Gasteiger partial charge in [0.15, 0.2) is 11.9 Å². The second-order valence-electron chi connectivity index (χ2n) is 6.33. The van der Waals surface area contributed by atoms with Gasteiger partial charge in [-0.1, -0.05) is 39.0 Å². The van der Waals surface area contributed by atoms with Crippen molar-refractivity contribution in [1.82, 2.24) is 0 Å². The lowest BCUT2D eigenvalue weighted by molar-refractivity contribution is -0.122. The Morgan fingerprint density at radius 2 is 1.68 bits per heavy atom. The fourth-order valence-electron chi connectivity index (χ4n) is 2.55. The number of nitrogens with one attached hydrogen (secondary N) is 1. The maximum absolute atomic E-state index is 12.5. The highest BCUT2D eigenvalue weighted by atomic mass is 16.5. The van der Waals surface area contributed by atoms with Gasteiger partial charge in [-0.15, -0.1) is 0 Å². The lowest BCUT2D eigenvalue weighted by Gasteiger charge is -2.20. The van der Waals surface area contributed by atoms with Gasteiger partial charge in [0.2, 0.25) is 0 Å². The highest BCUT2D eigenvalue weighted by molar-refractivity contribution is 5.96. The summed E-state index contributed by atoms with van der Waals surface area (Å²) in [5, 5.41) is 2.85. The summed E-state index contributed by atoms with van der Waals surface area (Å²) in [5.41, 5.74) is 2.35. The summed E-state index contributed by atoms with van der Waals surface area (Å²) in [5.74, 6) is 0.858. The first-order valence-electron chi connectivity index (χ1n) is 8.59. The fraction of sp³-hybridized carbons (Fsp3) is 0.333. The third-order valence-corrected chi connectivity index (χ3v) is 4.03. The van der Waals surface area contributed by atoms with E-state index in [0.717, 1.165) is 11.3 Å². The van der Waals surface area contributed by atoms with Gasteiger partial charge in [0.1, 0.15) is 5.75 Å². The molecule has 0 aliphatic carbocycles. The molecule has 0 aromatic heterocycles. The van der Waals surface area contributed by atoms with Gasteiger partial charge in [-0.2, -0.15) is 0 Å². The monoisotopic (exact) mass is 339 g/mol. The Morgan fingerprint density at radius 3 is 2.24 bits per heavy atom. The van der Waals surface area contributed by atoms with Gasteiger partial charge in [-0.25, -0.2) is 0 Å². The Bertz CT molecular complexity index is 735. The van der Waals surface area contributed by atoms with Crippen molar-refractivity contribution in [2.45, 2.75) is 46.1 Å². The van der Waals surface area contributed by atoms with E-state index in [1.165, 1.54) is 6.92 Å². The number of hydrogen-bond acceptors (Lipinski definition) is 3. The number of Topliss-reactive ketones (excluding diaryl/α,β-unsaturated/α-hetero) is 1. The number of benzene rings is 2. The molecule has 1 amide bonds. The molecular formula is C21H25NO3. The van der Waals surface area contributed by atoms with Gasteiger partial charge in [0, 0.05) is 11.3 Å². The molecule has 0 aliphatic heterocycles. The first-order valence-corrected chi connectivity index (χ1v) is 8.59. The molecule has 0 spiro atoms. The summed E-state index contributed by atoms with van der Waals surface area (Å²) in [6.45, 7) is 7.63. The van der Waals surface area contributed by atoms with E-state index in [1.807, 2.05) is 31.2 Å². The van der Waals surface area contributed by atoms with Crippen LogP contribution in [0.4, 0.5) is 5.69 Å². The standard InChI is InChI=1S/C21H25NO3/c1-5-19(25-20-9-7-6-8-18(20)14(2)3)21(24)22-17-12-10-16(11-13-17)15(4)23/h6-14,19H,5H2,1-4H3,(H,22,24). The van der Waals surface area contributed by atoms with Crippen LogP contribution in [-0.4, -0.2) is 17.8 Å². The van der Waals surface area contributed by atoms with Crippen molar-refractivity contribution >= 4 is 17.4 Å². The van der Waals surface area contributed by atoms with Crippen molar-refractivity contribution in [1.29, 1.82) is 0 Å². The Morgan fingerprint density at radius 1 is 1.04 bits per heavy atom. The van der Waals surface area contributed by atoms with E-state index in [0.29, 0.717) is 23.6 Å². The third-order valence-electron chi connectivity index (χ3n) is 4.03. The summed E-state index contributed by atoms with van der Waals surface area (Å²) in [4.78, 5) is 23.9. The summed E-state index contributed by atoms with van der Waals surface area (Å²) in [6.07, 6.45) is -0.0172. The molecule has 1 unspecified atom stereocenters. The number of ketones is 1. The van der Waals surface area contributed by atoms with Crippen LogP contribution in [0, 0.1) is 0 Å². The largest absolute Gasteiger partial charge is 0.480 e. The number of carbonyl (C=O) groups excluding carboxylic acids is 2. The predicted molar refractivity (Wildman–Crippen MR) is 100 cm³/mol. The molecule has 1 N–H and O–H groups in total. The van der Waals surface area contributed by atoms with E-state index in [1.54, 1.807) is 24.3 Å². The van der Waals surface area contributed by atoms with Crippen LogP contribution in [0.15, 0.2) is 48.5 Å². The summed E-state index contributed by atoms with van der Waals surface area (Å²) < 4.78 is 5.99. The van der Waals surface area contributed by atoms with E-state index in [4.69, 9.17) is 4.74 Å². The fourth-order valence-corrected chi connectivity index (χ4v) is 2.55. The number of ether oxygens (including phenoxy) is 1. The van der Waals surface area contributed by atoms with Crippen LogP contribution >= 0.6 is 0 Å². The second kappa shape index (κ2) is 8.47. The smallest absolute Gasteiger partial charge is 0.265 e. The van der Waals surface area contributed by atoms with Crippen molar-refractivity contribution in [3.05, 3.63) is 59.7 Å². The Balaban J connectivity index is 2.10. The van der Waals surface area contributed by atoms with Gasteiger partial charge in [0.05, 0.1) is 0 Å². The van der Waals surface area contributed by atoms with Gasteiger partial charge in [0.25, 0.3) is 5.91 Å². The summed E-state index contributed by atoms with van der Waals surface area (Å²) >= 11 is 0. The zero-order chi connectivity index (χ0) is 18.4. The summed E-state index contributed by atoms with van der Waals surface area (Å²) in [7, 11) is 0. The number of rotatable bonds is 7. The van der Waals surface area contributed by atoms with Gasteiger partial charge < -0.3 is 10.1 Å². The van der Waals surface area contributed by atoms with Crippen molar-refractivity contribution in [3.63, 3.8) is 0 Å². The van der Waals surface area contributed by atoms with E-state index in [2.05, 4.69) is 19.2 Å². The number of carbonyl (C=O) groups is 2. The zero-order valence-electron chi connectivity index (χ0n) is 15.2. The molecule has 0 heterocycles. The van der Waals surface area contributed by atoms with E-state index in [9.17, 15) is 9.59 Å². The lowest BCUT2D eigenvalue weighted by atomic mass is 10.0. The molecule has 2 aromatic rings. The molecule has 0 fully saturated rings. The SMILES string of the molecule is CCC(Oc1ccccc1C(C)C)C(=O)Nc1ccc(C(C)=O)cc1. The number of hydrogen-bond donors (Lipinski definition) is 1. The Hall–Kier alpha value is -2.62. The van der Waals surface area contributed by atoms with Crippen LogP contribution in [0.1, 0.15) is 56.0 Å². The Kier molecular flexibility index (Phi) is 6.34. The van der Waals surface area contributed by atoms with Gasteiger partial charge in [-0.05, 0) is 55.2 Å². The van der Waals surface area contributed by atoms with Crippen LogP contribution in [0.2, 0.25) is 0 Å². The maximum Gasteiger partial charge on any atom is 0.265 e. The van der Waals surface area contributed by atoms with Crippen molar-refractivity contribution in [2.24, 2.45) is 0 Å². The molecule has 1 atom stereocenters. The average Bonchev–Trinajstić information content (AvgIpc) is 2.60. The second-order valence-corrected chi connectivity index (χ2v) is 6.33. The van der Waals surface area contributed by atoms with Crippen LogP contribution < -0.4 is 10.1 Å². The number of amides is 1. The van der Waals surface area contributed by atoms with Crippen LogP contribution in [-0.2, 0) is 4.79 Å². The highest BCUT2D eigenvalue weighted by Gasteiger charge is 2.20. The molecular weight excluding hydrogens is 314 g/mol. The van der Waals surface area contributed by atoms with Gasteiger partial charge >= 0.3 is 0 Å². The third kappa shape index (κ3) is 4.92. The van der Waals surface area contributed by atoms with Gasteiger partial charge in [-0.3, -0.25) is 9.59 Å². The number of para-hydroxylation sites is 1. The van der Waals surface area contributed by atoms with E-state index in [-0.39, 0.29) is 11.7 Å². The molecule has 2 aromatic carbocycles. The average molecular weight is 339 g/mol. The van der Waals surface area contributed by atoms with Crippen molar-refractivity contribution in [3.8, 4) is 5.75 Å². The minimum atomic E-state index is -0.576. The highest BCUT2D eigenvalue weighted by Crippen LogP contribution is 2.27. The van der Waals surface area contributed by atoms with Crippen molar-refractivity contribution in [2.75, 3.05) is 5.32 Å². The molecule has 0 bridgehead atoms. The molecule has 2 rings (SSSR count). The lowest BCUT2D eigenvalue weighted by Crippen LogP contribution is -2.32. The zero-order valence-corrected chi connectivity index (χ0v) is 15.2. The Labute approximate surface area is 149 Å². The van der Waals surface area contributed by atoms with Crippen molar-refractivity contribution < 1.29 is 14.3 Å². The normalized spacial score (nSPS) is 11.9. The number of anilines is 1. The first-order chi connectivity index (χ1) is 11.9. The van der Waals surface area contributed by atoms with Crippen LogP contribution in [0.25, 0.3) is 0 Å². The molecule has 25 heavy (non-hydrogen) atoms. The molecule has 0 aliphatic rings. The molecule has 4 nitrogen and oxygen atoms in total. The molecule has 4 heteroatoms. The first kappa shape index (κ1) is 18.7. The molecule has 132 valence electrons. The quantitative estimate of drug-likeness (QED) is 0.737. The van der Waals surface area contributed by atoms with E-state index < -0.39 is 6.10 Å². The van der Waals surface area contributed by atoms with E-state index >= 15 is 0 Å². The molecule has 0 radical (unpaired) electrons. The topological polar surface area (TPSA) is 55.4 Å².